The van der Waals surface area contributed by atoms with Crippen LogP contribution in [-0.2, 0) is 4.79 Å². The Kier molecular flexibility index (Phi) is 6.10. The van der Waals surface area contributed by atoms with Crippen molar-refractivity contribution in [2.45, 2.75) is 38.6 Å². The molecule has 1 fully saturated rings. The van der Waals surface area contributed by atoms with E-state index in [1.165, 1.54) is 5.75 Å². The molecule has 0 aromatic rings. The molecule has 0 radical (unpaired) electrons. The van der Waals surface area contributed by atoms with Gasteiger partial charge in [-0.1, -0.05) is 19.8 Å². The highest BCUT2D eigenvalue weighted by molar-refractivity contribution is 7.99. The van der Waals surface area contributed by atoms with Gasteiger partial charge >= 0.3 is 0 Å². The maximum absolute atomic E-state index is 11.9. The number of carbonyl (C=O) groups excluding carboxylic acids is 1. The predicted molar refractivity (Wildman–Crippen MR) is 66.0 cm³/mol. The molecule has 0 saturated carbocycles. The molecular formula is C11H22N2OS. The van der Waals surface area contributed by atoms with E-state index in [0.717, 1.165) is 44.5 Å². The molecule has 1 amide bonds. The van der Waals surface area contributed by atoms with Crippen LogP contribution in [-0.4, -0.2) is 41.4 Å². The maximum Gasteiger partial charge on any atom is 0.239 e. The molecule has 3 nitrogen and oxygen atoms in total. The van der Waals surface area contributed by atoms with Crippen molar-refractivity contribution in [2.24, 2.45) is 5.73 Å². The van der Waals surface area contributed by atoms with Gasteiger partial charge in [0.25, 0.3) is 0 Å². The fourth-order valence-electron chi connectivity index (χ4n) is 1.75. The van der Waals surface area contributed by atoms with E-state index < -0.39 is 0 Å². The van der Waals surface area contributed by atoms with E-state index in [-0.39, 0.29) is 11.9 Å². The molecule has 0 aromatic carbocycles. The molecule has 15 heavy (non-hydrogen) atoms. The number of nitrogens with two attached hydrogens (primary N) is 1. The summed E-state index contributed by atoms with van der Waals surface area (Å²) in [4.78, 5) is 13.9. The van der Waals surface area contributed by atoms with Crippen molar-refractivity contribution in [3.63, 3.8) is 0 Å². The summed E-state index contributed by atoms with van der Waals surface area (Å²) in [5.74, 6) is 2.39. The lowest BCUT2D eigenvalue weighted by Gasteiger charge is -2.23. The molecule has 88 valence electrons. The highest BCUT2D eigenvalue weighted by Crippen LogP contribution is 2.11. The van der Waals surface area contributed by atoms with Crippen molar-refractivity contribution in [1.82, 2.24) is 4.90 Å². The highest BCUT2D eigenvalue weighted by atomic mass is 32.2. The first-order valence-electron chi connectivity index (χ1n) is 5.87. The molecule has 2 N–H and O–H groups in total. The van der Waals surface area contributed by atoms with Crippen molar-refractivity contribution in [1.29, 1.82) is 0 Å². The lowest BCUT2D eigenvalue weighted by Crippen LogP contribution is -2.44. The molecule has 0 bridgehead atoms. The zero-order chi connectivity index (χ0) is 11.1. The SMILES string of the molecule is CCCCC(N)C(=O)N1CCCSCC1. The lowest BCUT2D eigenvalue weighted by molar-refractivity contribution is -0.132. The minimum atomic E-state index is -0.270. The second-order valence-corrected chi connectivity index (χ2v) is 5.26. The van der Waals surface area contributed by atoms with Gasteiger partial charge in [0, 0.05) is 18.8 Å². The first-order chi connectivity index (χ1) is 7.25. The van der Waals surface area contributed by atoms with Crippen LogP contribution in [0.15, 0.2) is 0 Å². The van der Waals surface area contributed by atoms with Gasteiger partial charge in [-0.2, -0.15) is 11.8 Å². The third kappa shape index (κ3) is 4.43. The average Bonchev–Trinajstić information content (AvgIpc) is 2.53. The van der Waals surface area contributed by atoms with E-state index in [1.807, 2.05) is 16.7 Å². The first-order valence-corrected chi connectivity index (χ1v) is 7.03. The van der Waals surface area contributed by atoms with Gasteiger partial charge in [0.1, 0.15) is 0 Å². The molecule has 0 spiro atoms. The van der Waals surface area contributed by atoms with Gasteiger partial charge in [0.2, 0.25) is 5.91 Å². The van der Waals surface area contributed by atoms with E-state index in [2.05, 4.69) is 6.92 Å². The third-order valence-electron chi connectivity index (χ3n) is 2.72. The summed E-state index contributed by atoms with van der Waals surface area (Å²) in [5, 5.41) is 0. The van der Waals surface area contributed by atoms with Crippen LogP contribution in [0.5, 0.6) is 0 Å². The molecule has 1 unspecified atom stereocenters. The lowest BCUT2D eigenvalue weighted by atomic mass is 10.1. The quantitative estimate of drug-likeness (QED) is 0.795. The Morgan fingerprint density at radius 3 is 3.00 bits per heavy atom. The molecule has 1 aliphatic heterocycles. The number of nitrogens with zero attached hydrogens (tertiary/aromatic N) is 1. The summed E-state index contributed by atoms with van der Waals surface area (Å²) in [7, 11) is 0. The monoisotopic (exact) mass is 230 g/mol. The van der Waals surface area contributed by atoms with Gasteiger partial charge in [-0.3, -0.25) is 4.79 Å². The molecule has 1 saturated heterocycles. The molecule has 1 heterocycles. The van der Waals surface area contributed by atoms with Crippen molar-refractivity contribution in [2.75, 3.05) is 24.6 Å². The number of thioether (sulfide) groups is 1. The second kappa shape index (κ2) is 7.12. The number of hydrogen-bond donors (Lipinski definition) is 1. The zero-order valence-electron chi connectivity index (χ0n) is 9.58. The van der Waals surface area contributed by atoms with Crippen molar-refractivity contribution >= 4 is 17.7 Å². The Morgan fingerprint density at radius 1 is 1.47 bits per heavy atom. The average molecular weight is 230 g/mol. The first kappa shape index (κ1) is 12.8. The van der Waals surface area contributed by atoms with E-state index in [1.54, 1.807) is 0 Å². The standard InChI is InChI=1S/C11H22N2OS/c1-2-3-5-10(12)11(14)13-6-4-8-15-9-7-13/h10H,2-9,12H2,1H3. The van der Waals surface area contributed by atoms with Crippen LogP contribution in [0, 0.1) is 0 Å². The van der Waals surface area contributed by atoms with E-state index >= 15 is 0 Å². The molecule has 1 atom stereocenters. The normalized spacial score (nSPS) is 19.7. The minimum absolute atomic E-state index is 0.158. The van der Waals surface area contributed by atoms with Gasteiger partial charge in [-0.05, 0) is 18.6 Å². The molecule has 4 heteroatoms. The number of hydrogen-bond acceptors (Lipinski definition) is 3. The zero-order valence-corrected chi connectivity index (χ0v) is 10.4. The Bertz CT molecular complexity index is 191. The summed E-state index contributed by atoms with van der Waals surface area (Å²) in [6.45, 7) is 3.90. The summed E-state index contributed by atoms with van der Waals surface area (Å²) >= 11 is 1.93. The molecule has 0 aliphatic carbocycles. The van der Waals surface area contributed by atoms with E-state index in [9.17, 15) is 4.79 Å². The molecule has 1 rings (SSSR count). The Balaban J connectivity index is 2.35. The highest BCUT2D eigenvalue weighted by Gasteiger charge is 2.21. The minimum Gasteiger partial charge on any atom is -0.340 e. The van der Waals surface area contributed by atoms with E-state index in [0.29, 0.717) is 0 Å². The number of amides is 1. The summed E-state index contributed by atoms with van der Waals surface area (Å²) in [6.07, 6.45) is 4.10. The predicted octanol–water partition coefficient (Wildman–Crippen LogP) is 1.47. The van der Waals surface area contributed by atoms with Crippen LogP contribution in [0.1, 0.15) is 32.6 Å². The fourth-order valence-corrected chi connectivity index (χ4v) is 2.64. The fraction of sp³-hybridized carbons (Fsp3) is 0.909. The molecular weight excluding hydrogens is 208 g/mol. The smallest absolute Gasteiger partial charge is 0.239 e. The molecule has 1 aliphatic rings. The Hall–Kier alpha value is -0.220. The van der Waals surface area contributed by atoms with Gasteiger partial charge in [0.15, 0.2) is 0 Å². The van der Waals surface area contributed by atoms with Gasteiger partial charge < -0.3 is 10.6 Å². The Morgan fingerprint density at radius 2 is 2.27 bits per heavy atom. The second-order valence-electron chi connectivity index (χ2n) is 4.04. The number of unbranched alkanes of at least 4 members (excludes halogenated alkanes) is 1. The Labute approximate surface area is 96.8 Å². The number of carbonyl (C=O) groups is 1. The van der Waals surface area contributed by atoms with Gasteiger partial charge in [-0.25, -0.2) is 0 Å². The summed E-state index contributed by atoms with van der Waals surface area (Å²) in [6, 6.07) is -0.270. The number of rotatable bonds is 4. The van der Waals surface area contributed by atoms with Crippen LogP contribution in [0.3, 0.4) is 0 Å². The summed E-state index contributed by atoms with van der Waals surface area (Å²) < 4.78 is 0. The van der Waals surface area contributed by atoms with Gasteiger partial charge in [-0.15, -0.1) is 0 Å². The largest absolute Gasteiger partial charge is 0.340 e. The van der Waals surface area contributed by atoms with Crippen LogP contribution in [0.2, 0.25) is 0 Å². The van der Waals surface area contributed by atoms with Crippen molar-refractivity contribution in [3.05, 3.63) is 0 Å². The van der Waals surface area contributed by atoms with Crippen LogP contribution < -0.4 is 5.73 Å². The molecule has 0 aromatic heterocycles. The van der Waals surface area contributed by atoms with E-state index in [4.69, 9.17) is 5.73 Å². The topological polar surface area (TPSA) is 46.3 Å². The van der Waals surface area contributed by atoms with Crippen molar-refractivity contribution < 1.29 is 4.79 Å². The van der Waals surface area contributed by atoms with Gasteiger partial charge in [0.05, 0.1) is 6.04 Å². The van der Waals surface area contributed by atoms with Crippen LogP contribution in [0.25, 0.3) is 0 Å². The van der Waals surface area contributed by atoms with Crippen molar-refractivity contribution in [3.8, 4) is 0 Å². The maximum atomic E-state index is 11.9. The summed E-state index contributed by atoms with van der Waals surface area (Å²) in [5.41, 5.74) is 5.89. The van der Waals surface area contributed by atoms with Crippen LogP contribution in [0.4, 0.5) is 0 Å². The third-order valence-corrected chi connectivity index (χ3v) is 3.77. The van der Waals surface area contributed by atoms with Crippen LogP contribution >= 0.6 is 11.8 Å².